The van der Waals surface area contributed by atoms with Crippen LogP contribution in [0.2, 0.25) is 5.02 Å². The van der Waals surface area contributed by atoms with Gasteiger partial charge in [-0.2, -0.15) is 5.10 Å². The van der Waals surface area contributed by atoms with Crippen LogP contribution in [0.1, 0.15) is 5.56 Å². The van der Waals surface area contributed by atoms with Crippen molar-refractivity contribution in [1.82, 2.24) is 10.3 Å². The van der Waals surface area contributed by atoms with Crippen LogP contribution >= 0.6 is 11.6 Å². The Hall–Kier alpha value is -2.23. The number of rotatable bonds is 5. The van der Waals surface area contributed by atoms with Gasteiger partial charge in [0, 0.05) is 29.7 Å². The number of phenolic OH excluding ortho intramolecular Hbond substituents is 1. The minimum Gasteiger partial charge on any atom is -0.502 e. The number of nitrogens with zero attached hydrogens (tertiary/aromatic N) is 3. The lowest BCUT2D eigenvalue weighted by Crippen LogP contribution is -2.42. The predicted molar refractivity (Wildman–Crippen MR) is 82.8 cm³/mol. The van der Waals surface area contributed by atoms with Crippen molar-refractivity contribution in [2.24, 2.45) is 5.10 Å². The number of benzene rings is 1. The first-order chi connectivity index (χ1) is 11.0. The predicted octanol–water partition coefficient (Wildman–Crippen LogP) is 0.736. The van der Waals surface area contributed by atoms with Crippen molar-refractivity contribution < 1.29 is 19.6 Å². The zero-order chi connectivity index (χ0) is 16.8. The number of hydrogen-bond acceptors (Lipinski definition) is 7. The van der Waals surface area contributed by atoms with Crippen LogP contribution in [-0.2, 0) is 9.53 Å². The van der Waals surface area contributed by atoms with Crippen molar-refractivity contribution >= 4 is 29.4 Å². The molecule has 1 aromatic carbocycles. The number of carbonyl (C=O) groups excluding carboxylic acids is 1. The molecule has 10 heteroatoms. The molecule has 0 spiro atoms. The summed E-state index contributed by atoms with van der Waals surface area (Å²) in [7, 11) is 0. The van der Waals surface area contributed by atoms with Gasteiger partial charge in [0.15, 0.2) is 0 Å². The van der Waals surface area contributed by atoms with Crippen molar-refractivity contribution in [3.8, 4) is 5.75 Å². The number of morpholine rings is 1. The van der Waals surface area contributed by atoms with E-state index >= 15 is 0 Å². The highest BCUT2D eigenvalue weighted by atomic mass is 35.5. The van der Waals surface area contributed by atoms with Crippen molar-refractivity contribution in [2.75, 3.05) is 32.8 Å². The van der Waals surface area contributed by atoms with E-state index in [1.54, 1.807) is 0 Å². The first-order valence-electron chi connectivity index (χ1n) is 6.76. The Bertz CT molecular complexity index is 631. The van der Waals surface area contributed by atoms with Gasteiger partial charge >= 0.3 is 5.69 Å². The molecule has 2 N–H and O–H groups in total. The average Bonchev–Trinajstić information content (AvgIpc) is 2.51. The molecule has 23 heavy (non-hydrogen) atoms. The molecule has 0 unspecified atom stereocenters. The van der Waals surface area contributed by atoms with Crippen molar-refractivity contribution in [3.05, 3.63) is 32.8 Å². The fourth-order valence-corrected chi connectivity index (χ4v) is 2.24. The van der Waals surface area contributed by atoms with E-state index in [9.17, 15) is 20.0 Å². The van der Waals surface area contributed by atoms with E-state index in [0.717, 1.165) is 12.3 Å². The summed E-state index contributed by atoms with van der Waals surface area (Å²) >= 11 is 5.75. The third-order valence-electron chi connectivity index (χ3n) is 3.14. The van der Waals surface area contributed by atoms with E-state index in [2.05, 4.69) is 10.5 Å². The van der Waals surface area contributed by atoms with E-state index in [1.165, 1.54) is 6.07 Å². The highest BCUT2D eigenvalue weighted by Gasteiger charge is 2.18. The summed E-state index contributed by atoms with van der Waals surface area (Å²) < 4.78 is 5.18. The number of carbonyl (C=O) groups is 1. The van der Waals surface area contributed by atoms with Crippen LogP contribution in [0.25, 0.3) is 0 Å². The third-order valence-corrected chi connectivity index (χ3v) is 3.36. The maximum atomic E-state index is 11.7. The van der Waals surface area contributed by atoms with Gasteiger partial charge in [-0.25, -0.2) is 5.43 Å². The van der Waals surface area contributed by atoms with Gasteiger partial charge in [0.05, 0.1) is 30.9 Å². The monoisotopic (exact) mass is 342 g/mol. The zero-order valence-corrected chi connectivity index (χ0v) is 12.8. The lowest BCUT2D eigenvalue weighted by molar-refractivity contribution is -0.385. The normalized spacial score (nSPS) is 15.7. The molecule has 1 aliphatic rings. The van der Waals surface area contributed by atoms with E-state index in [1.807, 2.05) is 4.90 Å². The lowest BCUT2D eigenvalue weighted by atomic mass is 10.2. The van der Waals surface area contributed by atoms with E-state index in [4.69, 9.17) is 16.3 Å². The summed E-state index contributed by atoms with van der Waals surface area (Å²) in [6, 6.07) is 2.34. The molecule has 0 aliphatic carbocycles. The van der Waals surface area contributed by atoms with E-state index < -0.39 is 16.4 Å². The topological polar surface area (TPSA) is 117 Å². The Kier molecular flexibility index (Phi) is 5.85. The summed E-state index contributed by atoms with van der Waals surface area (Å²) in [5.74, 6) is -0.898. The molecule has 0 saturated carbocycles. The van der Waals surface area contributed by atoms with Crippen LogP contribution in [-0.4, -0.2) is 59.9 Å². The first kappa shape index (κ1) is 17.1. The van der Waals surface area contributed by atoms with Crippen LogP contribution in [0, 0.1) is 10.1 Å². The van der Waals surface area contributed by atoms with Crippen LogP contribution in [0.5, 0.6) is 5.75 Å². The Morgan fingerprint density at radius 2 is 2.22 bits per heavy atom. The summed E-state index contributed by atoms with van der Waals surface area (Å²) in [6.07, 6.45) is 1.10. The smallest absolute Gasteiger partial charge is 0.312 e. The molecule has 0 bridgehead atoms. The molecule has 0 radical (unpaired) electrons. The third kappa shape index (κ3) is 4.88. The van der Waals surface area contributed by atoms with Gasteiger partial charge < -0.3 is 9.84 Å². The quantitative estimate of drug-likeness (QED) is 0.463. The maximum Gasteiger partial charge on any atom is 0.312 e. The van der Waals surface area contributed by atoms with Crippen molar-refractivity contribution in [2.45, 2.75) is 0 Å². The number of nitrogens with one attached hydrogen (secondary N) is 1. The number of amides is 1. The molecule has 1 aromatic rings. The summed E-state index contributed by atoms with van der Waals surface area (Å²) in [5.41, 5.74) is 1.81. The number of aromatic hydroxyl groups is 1. The largest absolute Gasteiger partial charge is 0.502 e. The Morgan fingerprint density at radius 3 is 2.87 bits per heavy atom. The van der Waals surface area contributed by atoms with Crippen molar-refractivity contribution in [1.29, 1.82) is 0 Å². The van der Waals surface area contributed by atoms with Crippen LogP contribution in [0.15, 0.2) is 17.2 Å². The Labute approximate surface area is 136 Å². The Morgan fingerprint density at radius 1 is 1.52 bits per heavy atom. The molecular formula is C13H15ClN4O5. The molecule has 0 aromatic heterocycles. The molecule has 9 nitrogen and oxygen atoms in total. The summed E-state index contributed by atoms with van der Waals surface area (Å²) in [4.78, 5) is 23.7. The number of hydrogen-bond donors (Lipinski definition) is 2. The molecule has 2 rings (SSSR count). The van der Waals surface area contributed by atoms with Gasteiger partial charge in [-0.05, 0) is 6.07 Å². The SMILES string of the molecule is O=C(CN1CCOCC1)N/N=C/c1cc(Cl)cc([N+](=O)[O-])c1O. The second kappa shape index (κ2) is 7.86. The van der Waals surface area contributed by atoms with E-state index in [0.29, 0.717) is 26.3 Å². The highest BCUT2D eigenvalue weighted by molar-refractivity contribution is 6.31. The number of phenols is 1. The van der Waals surface area contributed by atoms with Gasteiger partial charge in [-0.3, -0.25) is 19.8 Å². The molecule has 1 saturated heterocycles. The van der Waals surface area contributed by atoms with Crippen LogP contribution in [0.3, 0.4) is 0 Å². The fourth-order valence-electron chi connectivity index (χ4n) is 2.01. The Balaban J connectivity index is 1.97. The number of nitro groups is 1. The lowest BCUT2D eigenvalue weighted by Gasteiger charge is -2.25. The van der Waals surface area contributed by atoms with Crippen LogP contribution < -0.4 is 5.43 Å². The average molecular weight is 343 g/mol. The minimum absolute atomic E-state index is 0.0378. The standard InChI is InChI=1S/C13H15ClN4O5/c14-10-5-9(13(20)11(6-10)18(21)22)7-15-16-12(19)8-17-1-3-23-4-2-17/h5-7,20H,1-4,8H2,(H,16,19)/b15-7+. The van der Waals surface area contributed by atoms with Gasteiger partial charge in [0.2, 0.25) is 5.75 Å². The molecule has 1 amide bonds. The minimum atomic E-state index is -0.754. The molecule has 1 fully saturated rings. The fraction of sp³-hybridized carbons (Fsp3) is 0.385. The first-order valence-corrected chi connectivity index (χ1v) is 7.14. The van der Waals surface area contributed by atoms with Gasteiger partial charge in [-0.15, -0.1) is 0 Å². The molecule has 1 aliphatic heterocycles. The maximum absolute atomic E-state index is 11.7. The molecule has 1 heterocycles. The number of halogens is 1. The zero-order valence-electron chi connectivity index (χ0n) is 12.1. The molecular weight excluding hydrogens is 328 g/mol. The second-order valence-corrected chi connectivity index (χ2v) is 5.24. The summed E-state index contributed by atoms with van der Waals surface area (Å²) in [6.45, 7) is 2.66. The number of ether oxygens (including phenoxy) is 1. The van der Waals surface area contributed by atoms with E-state index in [-0.39, 0.29) is 23.0 Å². The molecule has 124 valence electrons. The van der Waals surface area contributed by atoms with Crippen LogP contribution in [0.4, 0.5) is 5.69 Å². The van der Waals surface area contributed by atoms with Gasteiger partial charge in [0.25, 0.3) is 5.91 Å². The van der Waals surface area contributed by atoms with Gasteiger partial charge in [-0.1, -0.05) is 11.6 Å². The summed E-state index contributed by atoms with van der Waals surface area (Å²) in [5, 5.41) is 24.3. The number of nitro benzene ring substituents is 1. The number of hydrazone groups is 1. The van der Waals surface area contributed by atoms with Crippen molar-refractivity contribution in [3.63, 3.8) is 0 Å². The van der Waals surface area contributed by atoms with Gasteiger partial charge in [0.1, 0.15) is 0 Å². The molecule has 0 atom stereocenters. The second-order valence-electron chi connectivity index (χ2n) is 4.80. The highest BCUT2D eigenvalue weighted by Crippen LogP contribution is 2.32.